The summed E-state index contributed by atoms with van der Waals surface area (Å²) in [4.78, 5) is 0. The molecule has 1 saturated heterocycles. The summed E-state index contributed by atoms with van der Waals surface area (Å²) < 4.78 is 5.65. The van der Waals surface area contributed by atoms with E-state index in [1.807, 2.05) is 0 Å². The summed E-state index contributed by atoms with van der Waals surface area (Å²) in [6, 6.07) is 0. The summed E-state index contributed by atoms with van der Waals surface area (Å²) in [5.74, 6) is 0. The largest absolute Gasteiger partial charge is 0.378 e. The van der Waals surface area contributed by atoms with E-state index in [0.717, 1.165) is 6.61 Å². The summed E-state index contributed by atoms with van der Waals surface area (Å²) in [6.07, 6.45) is 9.05. The van der Waals surface area contributed by atoms with Crippen molar-refractivity contribution in [2.24, 2.45) is 5.41 Å². The molecule has 0 bridgehead atoms. The van der Waals surface area contributed by atoms with Crippen molar-refractivity contribution in [2.45, 2.75) is 51.6 Å². The monoisotopic (exact) mass is 154 g/mol. The molecule has 1 saturated carbocycles. The second-order valence-electron chi connectivity index (χ2n) is 4.19. The smallest absolute Gasteiger partial charge is 0.0604 e. The first-order chi connectivity index (χ1) is 5.33. The Morgan fingerprint density at radius 1 is 1.09 bits per heavy atom. The Bertz CT molecular complexity index is 136. The van der Waals surface area contributed by atoms with Gasteiger partial charge in [0.1, 0.15) is 0 Å². The van der Waals surface area contributed by atoms with E-state index in [9.17, 15) is 0 Å². The van der Waals surface area contributed by atoms with Crippen LogP contribution in [0.4, 0.5) is 0 Å². The van der Waals surface area contributed by atoms with E-state index in [1.165, 1.54) is 38.5 Å². The standard InChI is InChI=1S/C10H18O/c1-9-10(7-8-11-9)5-3-2-4-6-10/h9H,2-8H2,1H3. The lowest BCUT2D eigenvalue weighted by Crippen LogP contribution is -2.30. The van der Waals surface area contributed by atoms with Crippen LogP contribution in [0.2, 0.25) is 0 Å². The van der Waals surface area contributed by atoms with Gasteiger partial charge in [-0.15, -0.1) is 0 Å². The molecule has 0 aromatic rings. The van der Waals surface area contributed by atoms with Crippen molar-refractivity contribution in [3.8, 4) is 0 Å². The van der Waals surface area contributed by atoms with Gasteiger partial charge in [-0.3, -0.25) is 0 Å². The Labute approximate surface area is 69.1 Å². The first-order valence-corrected chi connectivity index (χ1v) is 4.95. The molecule has 1 nitrogen and oxygen atoms in total. The third-order valence-electron chi connectivity index (χ3n) is 3.68. The lowest BCUT2D eigenvalue weighted by atomic mass is 9.70. The zero-order valence-corrected chi connectivity index (χ0v) is 7.44. The molecule has 2 rings (SSSR count). The van der Waals surface area contributed by atoms with Gasteiger partial charge in [0.2, 0.25) is 0 Å². The fourth-order valence-electron chi connectivity index (χ4n) is 2.73. The maximum absolute atomic E-state index is 5.65. The third kappa shape index (κ3) is 1.20. The molecule has 0 radical (unpaired) electrons. The van der Waals surface area contributed by atoms with E-state index in [4.69, 9.17) is 4.74 Å². The van der Waals surface area contributed by atoms with Crippen molar-refractivity contribution in [1.82, 2.24) is 0 Å². The van der Waals surface area contributed by atoms with Gasteiger partial charge in [0.15, 0.2) is 0 Å². The summed E-state index contributed by atoms with van der Waals surface area (Å²) in [5.41, 5.74) is 0.609. The van der Waals surface area contributed by atoms with Crippen LogP contribution in [0.25, 0.3) is 0 Å². The summed E-state index contributed by atoms with van der Waals surface area (Å²) in [6.45, 7) is 3.28. The first kappa shape index (κ1) is 7.60. The zero-order valence-electron chi connectivity index (χ0n) is 7.44. The Morgan fingerprint density at radius 3 is 2.36 bits per heavy atom. The Balaban J connectivity index is 2.06. The third-order valence-corrected chi connectivity index (χ3v) is 3.68. The van der Waals surface area contributed by atoms with E-state index in [0.29, 0.717) is 11.5 Å². The van der Waals surface area contributed by atoms with E-state index >= 15 is 0 Å². The quantitative estimate of drug-likeness (QED) is 0.521. The summed E-state index contributed by atoms with van der Waals surface area (Å²) in [7, 11) is 0. The minimum absolute atomic E-state index is 0.544. The van der Waals surface area contributed by atoms with Crippen LogP contribution in [0, 0.1) is 5.41 Å². The highest BCUT2D eigenvalue weighted by Crippen LogP contribution is 2.46. The second-order valence-corrected chi connectivity index (χ2v) is 4.19. The average Bonchev–Trinajstić information content (AvgIpc) is 2.36. The van der Waals surface area contributed by atoms with Gasteiger partial charge in [-0.1, -0.05) is 19.3 Å². The van der Waals surface area contributed by atoms with Crippen LogP contribution in [0.5, 0.6) is 0 Å². The van der Waals surface area contributed by atoms with Crippen LogP contribution in [-0.2, 0) is 4.74 Å². The lowest BCUT2D eigenvalue weighted by molar-refractivity contribution is 0.0423. The molecule has 1 aliphatic carbocycles. The maximum Gasteiger partial charge on any atom is 0.0604 e. The van der Waals surface area contributed by atoms with Crippen molar-refractivity contribution in [2.75, 3.05) is 6.61 Å². The van der Waals surface area contributed by atoms with E-state index in [2.05, 4.69) is 6.92 Å². The maximum atomic E-state index is 5.65. The molecular weight excluding hydrogens is 136 g/mol. The van der Waals surface area contributed by atoms with Crippen LogP contribution >= 0.6 is 0 Å². The predicted octanol–water partition coefficient (Wildman–Crippen LogP) is 2.75. The molecule has 2 aliphatic rings. The number of ether oxygens (including phenoxy) is 1. The molecule has 1 atom stereocenters. The van der Waals surface area contributed by atoms with E-state index in [-0.39, 0.29) is 0 Å². The van der Waals surface area contributed by atoms with Gasteiger partial charge >= 0.3 is 0 Å². The highest BCUT2D eigenvalue weighted by Gasteiger charge is 2.41. The number of rotatable bonds is 0. The predicted molar refractivity (Wildman–Crippen MR) is 45.5 cm³/mol. The normalized spacial score (nSPS) is 36.3. The Morgan fingerprint density at radius 2 is 1.82 bits per heavy atom. The van der Waals surface area contributed by atoms with E-state index < -0.39 is 0 Å². The van der Waals surface area contributed by atoms with Crippen LogP contribution < -0.4 is 0 Å². The fourth-order valence-corrected chi connectivity index (χ4v) is 2.73. The molecule has 64 valence electrons. The fraction of sp³-hybridized carbons (Fsp3) is 1.00. The van der Waals surface area contributed by atoms with Crippen molar-refractivity contribution >= 4 is 0 Å². The van der Waals surface area contributed by atoms with Crippen molar-refractivity contribution < 1.29 is 4.74 Å². The molecule has 0 amide bonds. The molecule has 1 heterocycles. The lowest BCUT2D eigenvalue weighted by Gasteiger charge is -2.35. The molecular formula is C10H18O. The molecule has 2 fully saturated rings. The van der Waals surface area contributed by atoms with Crippen molar-refractivity contribution in [1.29, 1.82) is 0 Å². The highest BCUT2D eigenvalue weighted by atomic mass is 16.5. The molecule has 0 N–H and O–H groups in total. The van der Waals surface area contributed by atoms with Crippen molar-refractivity contribution in [3.05, 3.63) is 0 Å². The molecule has 1 aliphatic heterocycles. The van der Waals surface area contributed by atoms with Crippen LogP contribution in [0.15, 0.2) is 0 Å². The highest BCUT2D eigenvalue weighted by molar-refractivity contribution is 4.91. The van der Waals surface area contributed by atoms with Gasteiger partial charge in [0.25, 0.3) is 0 Å². The molecule has 11 heavy (non-hydrogen) atoms. The van der Waals surface area contributed by atoms with Crippen LogP contribution in [-0.4, -0.2) is 12.7 Å². The first-order valence-electron chi connectivity index (χ1n) is 4.95. The van der Waals surface area contributed by atoms with Crippen LogP contribution in [0.1, 0.15) is 45.4 Å². The van der Waals surface area contributed by atoms with E-state index in [1.54, 1.807) is 0 Å². The average molecular weight is 154 g/mol. The van der Waals surface area contributed by atoms with Gasteiger partial charge in [-0.05, 0) is 31.6 Å². The Hall–Kier alpha value is -0.0400. The SMILES string of the molecule is CC1OCCC12CCCCC2. The van der Waals surface area contributed by atoms with Gasteiger partial charge in [-0.2, -0.15) is 0 Å². The van der Waals surface area contributed by atoms with Gasteiger partial charge < -0.3 is 4.74 Å². The van der Waals surface area contributed by atoms with Crippen LogP contribution in [0.3, 0.4) is 0 Å². The summed E-state index contributed by atoms with van der Waals surface area (Å²) >= 11 is 0. The molecule has 0 aromatic carbocycles. The number of hydrogen-bond donors (Lipinski definition) is 0. The Kier molecular flexibility index (Phi) is 1.92. The van der Waals surface area contributed by atoms with Crippen molar-refractivity contribution in [3.63, 3.8) is 0 Å². The topological polar surface area (TPSA) is 9.23 Å². The summed E-state index contributed by atoms with van der Waals surface area (Å²) in [5, 5.41) is 0. The zero-order chi connectivity index (χ0) is 7.73. The number of hydrogen-bond acceptors (Lipinski definition) is 1. The molecule has 1 heteroatoms. The minimum atomic E-state index is 0.544. The molecule has 1 spiro atoms. The second kappa shape index (κ2) is 2.78. The minimum Gasteiger partial charge on any atom is -0.378 e. The molecule has 1 unspecified atom stereocenters. The van der Waals surface area contributed by atoms with Gasteiger partial charge in [0.05, 0.1) is 6.10 Å². The molecule has 0 aromatic heterocycles. The van der Waals surface area contributed by atoms with Gasteiger partial charge in [-0.25, -0.2) is 0 Å². The van der Waals surface area contributed by atoms with Gasteiger partial charge in [0, 0.05) is 6.61 Å².